The summed E-state index contributed by atoms with van der Waals surface area (Å²) in [7, 11) is 0. The van der Waals surface area contributed by atoms with E-state index < -0.39 is 6.17 Å². The van der Waals surface area contributed by atoms with Crippen LogP contribution in [-0.4, -0.2) is 20.7 Å². The summed E-state index contributed by atoms with van der Waals surface area (Å²) in [5.41, 5.74) is 1.87. The fourth-order valence-corrected chi connectivity index (χ4v) is 3.31. The third-order valence-corrected chi connectivity index (χ3v) is 4.41. The highest BCUT2D eigenvalue weighted by atomic mass is 35.5. The Morgan fingerprint density at radius 1 is 1.08 bits per heavy atom. The number of amides is 1. The number of hydrogen-bond acceptors (Lipinski definition) is 4. The van der Waals surface area contributed by atoms with Gasteiger partial charge in [-0.25, -0.2) is 9.67 Å². The van der Waals surface area contributed by atoms with Crippen LogP contribution in [0.25, 0.3) is 5.82 Å². The molecule has 126 valence electrons. The van der Waals surface area contributed by atoms with Gasteiger partial charge in [0.1, 0.15) is 6.17 Å². The molecule has 1 aromatic carbocycles. The normalized spacial score (nSPS) is 16.1. The zero-order valence-electron chi connectivity index (χ0n) is 12.5. The number of rotatable bonds is 2. The Morgan fingerprint density at radius 3 is 2.68 bits per heavy atom. The minimum absolute atomic E-state index is 0.196. The molecule has 0 aliphatic carbocycles. The van der Waals surface area contributed by atoms with Crippen molar-refractivity contribution in [2.24, 2.45) is 0 Å². The van der Waals surface area contributed by atoms with Gasteiger partial charge in [0, 0.05) is 18.0 Å². The second-order valence-corrected chi connectivity index (χ2v) is 6.59. The molecule has 2 aromatic heterocycles. The summed E-state index contributed by atoms with van der Waals surface area (Å²) in [5, 5.41) is 11.3. The van der Waals surface area contributed by atoms with Gasteiger partial charge < -0.3 is 10.6 Å². The van der Waals surface area contributed by atoms with Crippen molar-refractivity contribution in [3.05, 3.63) is 69.1 Å². The van der Waals surface area contributed by atoms with Crippen molar-refractivity contribution in [1.82, 2.24) is 20.1 Å². The number of hydrogen-bond donors (Lipinski definition) is 2. The van der Waals surface area contributed by atoms with Crippen LogP contribution in [0.2, 0.25) is 15.2 Å². The smallest absolute Gasteiger partial charge is 0.255 e. The van der Waals surface area contributed by atoms with Crippen molar-refractivity contribution in [2.45, 2.75) is 6.17 Å². The molecule has 25 heavy (non-hydrogen) atoms. The number of para-hydroxylation sites is 1. The second-order valence-electron chi connectivity index (χ2n) is 5.36. The molecule has 0 saturated carbocycles. The zero-order chi connectivity index (χ0) is 17.6. The molecular weight excluding hydrogens is 385 g/mol. The first kappa shape index (κ1) is 16.2. The molecule has 3 heterocycles. The lowest BCUT2D eigenvalue weighted by Gasteiger charge is -2.28. The maximum atomic E-state index is 12.4. The number of pyridine rings is 1. The Bertz CT molecular complexity index is 988. The minimum atomic E-state index is -0.545. The van der Waals surface area contributed by atoms with E-state index in [1.165, 1.54) is 10.9 Å². The molecule has 0 radical (unpaired) electrons. The van der Waals surface area contributed by atoms with Gasteiger partial charge in [0.2, 0.25) is 0 Å². The molecule has 1 amide bonds. The van der Waals surface area contributed by atoms with Crippen molar-refractivity contribution in [2.75, 3.05) is 5.32 Å². The maximum absolute atomic E-state index is 12.4. The number of fused-ring (bicyclic) bond motifs is 1. The molecule has 1 atom stereocenters. The Labute approximate surface area is 157 Å². The zero-order valence-corrected chi connectivity index (χ0v) is 14.8. The number of nitrogens with zero attached hydrogens (tertiary/aromatic N) is 3. The van der Waals surface area contributed by atoms with Crippen LogP contribution < -0.4 is 10.6 Å². The highest BCUT2D eigenvalue weighted by Gasteiger charge is 2.28. The lowest BCUT2D eigenvalue weighted by molar-refractivity contribution is 0.0934. The number of carbonyl (C=O) groups excluding carboxylic acids is 1. The van der Waals surface area contributed by atoms with Crippen LogP contribution in [0.15, 0.2) is 42.6 Å². The van der Waals surface area contributed by atoms with Crippen molar-refractivity contribution in [3.63, 3.8) is 0 Å². The quantitative estimate of drug-likeness (QED) is 0.687. The summed E-state index contributed by atoms with van der Waals surface area (Å²) in [4.78, 5) is 16.6. The van der Waals surface area contributed by atoms with Crippen LogP contribution in [0.4, 0.5) is 5.69 Å². The molecular formula is C16H10Cl3N5O. The van der Waals surface area contributed by atoms with Crippen LogP contribution >= 0.6 is 34.8 Å². The van der Waals surface area contributed by atoms with Crippen LogP contribution in [0, 0.1) is 0 Å². The highest BCUT2D eigenvalue weighted by Crippen LogP contribution is 2.30. The Morgan fingerprint density at radius 2 is 1.88 bits per heavy atom. The van der Waals surface area contributed by atoms with Crippen LogP contribution in [-0.2, 0) is 0 Å². The molecule has 1 unspecified atom stereocenters. The third kappa shape index (κ3) is 2.93. The van der Waals surface area contributed by atoms with E-state index in [1.807, 2.05) is 12.1 Å². The van der Waals surface area contributed by atoms with Gasteiger partial charge in [0.15, 0.2) is 11.0 Å². The van der Waals surface area contributed by atoms with Crippen molar-refractivity contribution in [3.8, 4) is 5.82 Å². The van der Waals surface area contributed by atoms with Gasteiger partial charge in [-0.2, -0.15) is 5.10 Å². The van der Waals surface area contributed by atoms with Crippen molar-refractivity contribution < 1.29 is 4.79 Å². The number of carbonyl (C=O) groups is 1. The minimum Gasteiger partial charge on any atom is -0.360 e. The first-order chi connectivity index (χ1) is 12.0. The first-order valence-electron chi connectivity index (χ1n) is 7.26. The molecule has 3 aromatic rings. The monoisotopic (exact) mass is 393 g/mol. The molecule has 0 bridgehead atoms. The lowest BCUT2D eigenvalue weighted by atomic mass is 10.1. The predicted octanol–water partition coefficient (Wildman–Crippen LogP) is 4.08. The van der Waals surface area contributed by atoms with Gasteiger partial charge in [-0.3, -0.25) is 4.79 Å². The largest absolute Gasteiger partial charge is 0.360 e. The number of aromatic nitrogens is 3. The van der Waals surface area contributed by atoms with Gasteiger partial charge in [-0.1, -0.05) is 46.9 Å². The molecule has 0 fully saturated rings. The Balaban J connectivity index is 1.79. The van der Waals surface area contributed by atoms with E-state index in [9.17, 15) is 4.79 Å². The summed E-state index contributed by atoms with van der Waals surface area (Å²) < 4.78 is 1.48. The second kappa shape index (κ2) is 6.22. The molecule has 2 N–H and O–H groups in total. The van der Waals surface area contributed by atoms with Crippen LogP contribution in [0.3, 0.4) is 0 Å². The average molecular weight is 395 g/mol. The van der Waals surface area contributed by atoms with Crippen LogP contribution in [0.5, 0.6) is 0 Å². The predicted molar refractivity (Wildman–Crippen MR) is 96.7 cm³/mol. The lowest BCUT2D eigenvalue weighted by Crippen LogP contribution is -2.39. The van der Waals surface area contributed by atoms with Crippen molar-refractivity contribution >= 4 is 46.4 Å². The standard InChI is InChI=1S/C16H10Cl3N5O/c17-8-5-10(18)15(20-7-8)24-12(6-13(19)23-24)14-21-11-4-2-1-3-9(11)16(25)22-14/h1-7,14,21H,(H,22,25). The summed E-state index contributed by atoms with van der Waals surface area (Å²) in [6, 6.07) is 10.4. The topological polar surface area (TPSA) is 71.8 Å². The van der Waals surface area contributed by atoms with E-state index in [0.29, 0.717) is 27.1 Å². The maximum Gasteiger partial charge on any atom is 0.255 e. The van der Waals surface area contributed by atoms with Gasteiger partial charge >= 0.3 is 0 Å². The molecule has 1 aliphatic heterocycles. The molecule has 6 nitrogen and oxygen atoms in total. The fourth-order valence-electron chi connectivity index (χ4n) is 2.66. The molecule has 0 spiro atoms. The number of nitrogens with one attached hydrogen (secondary N) is 2. The van der Waals surface area contributed by atoms with E-state index in [-0.39, 0.29) is 11.1 Å². The highest BCUT2D eigenvalue weighted by molar-refractivity contribution is 6.35. The first-order valence-corrected chi connectivity index (χ1v) is 8.39. The Kier molecular flexibility index (Phi) is 4.03. The SMILES string of the molecule is O=C1NC(c2cc(Cl)nn2-c2ncc(Cl)cc2Cl)Nc2ccccc21. The molecule has 1 aliphatic rings. The van der Waals surface area contributed by atoms with E-state index in [4.69, 9.17) is 34.8 Å². The van der Waals surface area contributed by atoms with E-state index in [2.05, 4.69) is 20.7 Å². The number of benzene rings is 1. The summed E-state index contributed by atoms with van der Waals surface area (Å²) >= 11 is 18.2. The van der Waals surface area contributed by atoms with Crippen LogP contribution in [0.1, 0.15) is 22.2 Å². The average Bonchev–Trinajstić information content (AvgIpc) is 2.96. The van der Waals surface area contributed by atoms with E-state index in [1.54, 1.807) is 24.3 Å². The summed E-state index contributed by atoms with van der Waals surface area (Å²) in [6.45, 7) is 0. The molecule has 0 saturated heterocycles. The fraction of sp³-hybridized carbons (Fsp3) is 0.0625. The summed E-state index contributed by atoms with van der Waals surface area (Å²) in [5.74, 6) is 0.168. The Hall–Kier alpha value is -2.28. The van der Waals surface area contributed by atoms with Gasteiger partial charge in [0.25, 0.3) is 5.91 Å². The molecule has 4 rings (SSSR count). The number of anilines is 1. The van der Waals surface area contributed by atoms with E-state index in [0.717, 1.165) is 5.69 Å². The third-order valence-electron chi connectivity index (χ3n) is 3.74. The van der Waals surface area contributed by atoms with Gasteiger partial charge in [0.05, 0.1) is 21.3 Å². The van der Waals surface area contributed by atoms with Gasteiger partial charge in [-0.05, 0) is 18.2 Å². The molecule has 9 heteroatoms. The van der Waals surface area contributed by atoms with Crippen molar-refractivity contribution in [1.29, 1.82) is 0 Å². The van der Waals surface area contributed by atoms with Gasteiger partial charge in [-0.15, -0.1) is 0 Å². The number of halogens is 3. The summed E-state index contributed by atoms with van der Waals surface area (Å²) in [6.07, 6.45) is 0.917. The van der Waals surface area contributed by atoms with E-state index >= 15 is 0 Å².